The lowest BCUT2D eigenvalue weighted by Gasteiger charge is -2.29. The van der Waals surface area contributed by atoms with Crippen LogP contribution < -0.4 is 9.47 Å². The summed E-state index contributed by atoms with van der Waals surface area (Å²) in [6.07, 6.45) is 1.67. The molecular weight excluding hydrogens is 623 g/mol. The molecule has 6 aromatic rings. The molecule has 4 aromatic carbocycles. The van der Waals surface area contributed by atoms with Gasteiger partial charge in [-0.15, -0.1) is 22.7 Å². The number of unbranched alkanes of at least 4 members (excludes halogenated alkanes) is 1. The van der Waals surface area contributed by atoms with E-state index in [1.54, 1.807) is 36.9 Å². The Kier molecular flexibility index (Phi) is 8.20. The van der Waals surface area contributed by atoms with Crippen molar-refractivity contribution < 1.29 is 19.1 Å². The van der Waals surface area contributed by atoms with Crippen molar-refractivity contribution in [1.82, 2.24) is 4.90 Å². The highest BCUT2D eigenvalue weighted by Crippen LogP contribution is 2.49. The fourth-order valence-electron chi connectivity index (χ4n) is 6.51. The molecule has 2 aromatic heterocycles. The molecular formula is C40H35NO4S2. The van der Waals surface area contributed by atoms with E-state index in [1.165, 1.54) is 9.78 Å². The second-order valence-corrected chi connectivity index (χ2v) is 14.3. The Hall–Kier alpha value is -4.72. The van der Waals surface area contributed by atoms with Crippen LogP contribution in [0.25, 0.3) is 53.9 Å². The summed E-state index contributed by atoms with van der Waals surface area (Å²) >= 11 is 3.48. The van der Waals surface area contributed by atoms with Crippen molar-refractivity contribution in [3.63, 3.8) is 0 Å². The average Bonchev–Trinajstić information content (AvgIpc) is 3.68. The third kappa shape index (κ3) is 5.33. The van der Waals surface area contributed by atoms with Crippen LogP contribution in [0, 0.1) is 13.8 Å². The molecule has 0 saturated carbocycles. The molecule has 1 aliphatic rings. The van der Waals surface area contributed by atoms with Gasteiger partial charge in [-0.05, 0) is 132 Å². The Labute approximate surface area is 283 Å². The lowest BCUT2D eigenvalue weighted by atomic mass is 9.83. The van der Waals surface area contributed by atoms with Crippen LogP contribution in [0.15, 0.2) is 84.9 Å². The van der Waals surface area contributed by atoms with Crippen molar-refractivity contribution in [3.8, 4) is 54.6 Å². The maximum Gasteiger partial charge on any atom is 0.261 e. The minimum Gasteiger partial charge on any atom is -0.497 e. The minimum absolute atomic E-state index is 0.213. The number of carbonyl (C=O) groups is 2. The summed E-state index contributed by atoms with van der Waals surface area (Å²) in [7, 11) is 3.35. The molecule has 0 N–H and O–H groups in total. The normalized spacial score (nSPS) is 12.7. The molecule has 5 nitrogen and oxygen atoms in total. The third-order valence-electron chi connectivity index (χ3n) is 8.99. The molecule has 47 heavy (non-hydrogen) atoms. The van der Waals surface area contributed by atoms with E-state index in [0.717, 1.165) is 83.1 Å². The number of benzene rings is 4. The summed E-state index contributed by atoms with van der Waals surface area (Å²) in [5, 5.41) is 1.67. The molecule has 0 saturated heterocycles. The molecule has 1 aliphatic heterocycles. The van der Waals surface area contributed by atoms with Crippen molar-refractivity contribution in [3.05, 3.63) is 106 Å². The van der Waals surface area contributed by atoms with E-state index in [-0.39, 0.29) is 11.8 Å². The Balaban J connectivity index is 1.48. The lowest BCUT2D eigenvalue weighted by Crippen LogP contribution is -2.40. The largest absolute Gasteiger partial charge is 0.497 e. The van der Waals surface area contributed by atoms with E-state index in [4.69, 9.17) is 9.47 Å². The zero-order valence-corrected chi connectivity index (χ0v) is 28.7. The fourth-order valence-corrected chi connectivity index (χ4v) is 8.58. The molecule has 0 atom stereocenters. The number of imide groups is 1. The quantitative estimate of drug-likeness (QED) is 0.145. The highest BCUT2D eigenvalue weighted by Gasteiger charge is 2.35. The second-order valence-electron chi connectivity index (χ2n) is 11.8. The molecule has 236 valence electrons. The number of aryl methyl sites for hydroxylation is 2. The fraction of sp³-hybridized carbons (Fsp3) is 0.200. The van der Waals surface area contributed by atoms with E-state index in [0.29, 0.717) is 17.7 Å². The van der Waals surface area contributed by atoms with Gasteiger partial charge in [-0.25, -0.2) is 0 Å². The van der Waals surface area contributed by atoms with Crippen molar-refractivity contribution in [2.75, 3.05) is 20.8 Å². The van der Waals surface area contributed by atoms with Gasteiger partial charge in [0.1, 0.15) is 11.5 Å². The number of thiophene rings is 2. The number of nitrogens with zero attached hydrogens (tertiary/aromatic N) is 1. The summed E-state index contributed by atoms with van der Waals surface area (Å²) in [5.41, 5.74) is 7.62. The average molecular weight is 658 g/mol. The monoisotopic (exact) mass is 657 g/mol. The van der Waals surface area contributed by atoms with Crippen LogP contribution in [0.5, 0.6) is 11.5 Å². The van der Waals surface area contributed by atoms with Crippen LogP contribution in [-0.2, 0) is 0 Å². The van der Waals surface area contributed by atoms with Crippen LogP contribution in [-0.4, -0.2) is 37.5 Å². The topological polar surface area (TPSA) is 55.8 Å². The number of carbonyl (C=O) groups excluding carboxylic acids is 2. The van der Waals surface area contributed by atoms with E-state index < -0.39 is 0 Å². The second kappa shape index (κ2) is 12.5. The molecule has 0 unspecified atom stereocenters. The van der Waals surface area contributed by atoms with Gasteiger partial charge >= 0.3 is 0 Å². The summed E-state index contributed by atoms with van der Waals surface area (Å²) in [6.45, 7) is 6.78. The number of amides is 2. The van der Waals surface area contributed by atoms with Gasteiger partial charge in [0.15, 0.2) is 0 Å². The maximum atomic E-state index is 14.1. The lowest BCUT2D eigenvalue weighted by molar-refractivity contribution is 0.0608. The summed E-state index contributed by atoms with van der Waals surface area (Å²) < 4.78 is 10.8. The number of rotatable bonds is 9. The first-order valence-electron chi connectivity index (χ1n) is 15.8. The molecule has 0 bridgehead atoms. The van der Waals surface area contributed by atoms with Gasteiger partial charge < -0.3 is 9.47 Å². The predicted molar refractivity (Wildman–Crippen MR) is 194 cm³/mol. The SMILES string of the molecule is CCCCN1C(=O)c2cccc3c(-c4cc(-c5ccc(OC)cc5)sc4C)c(-c4cc(-c5ccc(OC)cc5)sc4C)cc(c23)C1=O. The standard InChI is InChI=1S/C40H35NO4S2/c1-6-7-19-41-39(42)30-10-8-9-29-37(30)34(40(41)43)20-33(31-21-35(46-23(31)2)25-11-15-27(44-4)16-12-25)38(29)32-22-36(47-24(32)3)26-13-17-28(45-5)18-14-26/h8-18,20-22H,6-7,19H2,1-5H3. The van der Waals surface area contributed by atoms with Crippen molar-refractivity contribution in [2.45, 2.75) is 33.6 Å². The van der Waals surface area contributed by atoms with Gasteiger partial charge in [0, 0.05) is 42.6 Å². The summed E-state index contributed by atoms with van der Waals surface area (Å²) in [4.78, 5) is 33.9. The molecule has 2 amide bonds. The summed E-state index contributed by atoms with van der Waals surface area (Å²) in [5.74, 6) is 1.20. The van der Waals surface area contributed by atoms with Crippen molar-refractivity contribution in [1.29, 1.82) is 0 Å². The molecule has 7 heteroatoms. The van der Waals surface area contributed by atoms with Crippen LogP contribution >= 0.6 is 22.7 Å². The van der Waals surface area contributed by atoms with Crippen LogP contribution in [0.2, 0.25) is 0 Å². The zero-order valence-electron chi connectivity index (χ0n) is 27.1. The number of methoxy groups -OCH3 is 2. The van der Waals surface area contributed by atoms with E-state index in [9.17, 15) is 9.59 Å². The Morgan fingerprint density at radius 3 is 1.77 bits per heavy atom. The van der Waals surface area contributed by atoms with Crippen LogP contribution in [0.1, 0.15) is 50.2 Å². The van der Waals surface area contributed by atoms with E-state index in [1.807, 2.05) is 42.5 Å². The predicted octanol–water partition coefficient (Wildman–Crippen LogP) is 10.7. The van der Waals surface area contributed by atoms with E-state index in [2.05, 4.69) is 63.2 Å². The highest BCUT2D eigenvalue weighted by atomic mass is 32.1. The number of hydrogen-bond acceptors (Lipinski definition) is 6. The molecule has 0 aliphatic carbocycles. The van der Waals surface area contributed by atoms with Gasteiger partial charge in [-0.3, -0.25) is 14.5 Å². The maximum absolute atomic E-state index is 14.1. The van der Waals surface area contributed by atoms with Crippen LogP contribution in [0.3, 0.4) is 0 Å². The van der Waals surface area contributed by atoms with Gasteiger partial charge in [0.25, 0.3) is 11.8 Å². The summed E-state index contributed by atoms with van der Waals surface area (Å²) in [6, 6.07) is 28.7. The van der Waals surface area contributed by atoms with Gasteiger partial charge in [-0.1, -0.05) is 25.5 Å². The van der Waals surface area contributed by atoms with Crippen molar-refractivity contribution in [2.24, 2.45) is 0 Å². The minimum atomic E-state index is -0.218. The first-order chi connectivity index (χ1) is 22.8. The smallest absolute Gasteiger partial charge is 0.261 e. The first-order valence-corrected chi connectivity index (χ1v) is 17.4. The van der Waals surface area contributed by atoms with Gasteiger partial charge in [0.05, 0.1) is 14.2 Å². The zero-order chi connectivity index (χ0) is 32.8. The molecule has 3 heterocycles. The molecule has 0 fully saturated rings. The number of ether oxygens (including phenoxy) is 2. The first kappa shape index (κ1) is 30.9. The third-order valence-corrected chi connectivity index (χ3v) is 11.2. The molecule has 7 rings (SSSR count). The van der Waals surface area contributed by atoms with Gasteiger partial charge in [0.2, 0.25) is 0 Å². The van der Waals surface area contributed by atoms with Crippen LogP contribution in [0.4, 0.5) is 0 Å². The van der Waals surface area contributed by atoms with E-state index >= 15 is 0 Å². The Morgan fingerprint density at radius 1 is 0.638 bits per heavy atom. The highest BCUT2D eigenvalue weighted by molar-refractivity contribution is 7.16. The van der Waals surface area contributed by atoms with Gasteiger partial charge in [-0.2, -0.15) is 0 Å². The Bertz CT molecular complexity index is 2160. The number of hydrogen-bond donors (Lipinski definition) is 0. The Morgan fingerprint density at radius 2 is 1.19 bits per heavy atom. The molecule has 0 radical (unpaired) electrons. The molecule has 0 spiro atoms. The van der Waals surface area contributed by atoms with Crippen molar-refractivity contribution >= 4 is 45.3 Å².